The van der Waals surface area contributed by atoms with Gasteiger partial charge in [-0.1, -0.05) is 20.8 Å². The van der Waals surface area contributed by atoms with Crippen LogP contribution in [0, 0.1) is 11.2 Å². The average Bonchev–Trinajstić information content (AvgIpc) is 2.27. The molecule has 0 radical (unpaired) electrons. The molecule has 100 valence electrons. The van der Waals surface area contributed by atoms with Crippen LogP contribution in [0.15, 0.2) is 18.2 Å². The third kappa shape index (κ3) is 3.43. The molecule has 0 spiro atoms. The minimum atomic E-state index is -0.664. The molecule has 0 saturated carbocycles. The second-order valence-corrected chi connectivity index (χ2v) is 5.18. The Bertz CT molecular complexity index is 441. The van der Waals surface area contributed by atoms with Gasteiger partial charge in [0.05, 0.1) is 13.2 Å². The van der Waals surface area contributed by atoms with Gasteiger partial charge in [0.25, 0.3) is 0 Å². The van der Waals surface area contributed by atoms with Crippen LogP contribution in [0.2, 0.25) is 0 Å². The Kier molecular flexibility index (Phi) is 4.29. The maximum atomic E-state index is 13.4. The summed E-state index contributed by atoms with van der Waals surface area (Å²) < 4.78 is 18.2. The van der Waals surface area contributed by atoms with Gasteiger partial charge in [0.15, 0.2) is 11.6 Å². The van der Waals surface area contributed by atoms with E-state index in [9.17, 15) is 9.18 Å². The van der Waals surface area contributed by atoms with E-state index in [1.165, 1.54) is 19.2 Å². The van der Waals surface area contributed by atoms with Crippen molar-refractivity contribution in [1.29, 1.82) is 0 Å². The first-order chi connectivity index (χ1) is 8.25. The van der Waals surface area contributed by atoms with Crippen molar-refractivity contribution in [2.24, 2.45) is 11.1 Å². The Morgan fingerprint density at radius 1 is 1.44 bits per heavy atom. The lowest BCUT2D eigenvalue weighted by molar-refractivity contribution is -0.119. The molecule has 0 fully saturated rings. The van der Waals surface area contributed by atoms with Gasteiger partial charge in [-0.2, -0.15) is 0 Å². The molecule has 0 aromatic heterocycles. The van der Waals surface area contributed by atoms with Crippen LogP contribution >= 0.6 is 0 Å². The molecule has 18 heavy (non-hydrogen) atoms. The molecule has 1 atom stereocenters. The molecule has 4 nitrogen and oxygen atoms in total. The molecule has 0 unspecified atom stereocenters. The van der Waals surface area contributed by atoms with Crippen LogP contribution in [-0.2, 0) is 4.79 Å². The Labute approximate surface area is 106 Å². The zero-order valence-electron chi connectivity index (χ0n) is 11.1. The van der Waals surface area contributed by atoms with Crippen LogP contribution in [0.5, 0.6) is 5.75 Å². The minimum Gasteiger partial charge on any atom is -0.494 e. The van der Waals surface area contributed by atoms with E-state index in [1.807, 2.05) is 20.8 Å². The Hall–Kier alpha value is -1.62. The molecule has 1 aromatic rings. The molecule has 0 bridgehead atoms. The summed E-state index contributed by atoms with van der Waals surface area (Å²) in [5.41, 5.74) is 5.81. The van der Waals surface area contributed by atoms with Crippen molar-refractivity contribution >= 4 is 11.6 Å². The summed E-state index contributed by atoms with van der Waals surface area (Å²) in [4.78, 5) is 11.8. The second kappa shape index (κ2) is 5.35. The number of methoxy groups -OCH3 is 1. The summed E-state index contributed by atoms with van der Waals surface area (Å²) >= 11 is 0. The Morgan fingerprint density at radius 2 is 2.06 bits per heavy atom. The van der Waals surface area contributed by atoms with Gasteiger partial charge in [0.2, 0.25) is 5.91 Å². The smallest absolute Gasteiger partial charge is 0.241 e. The largest absolute Gasteiger partial charge is 0.494 e. The maximum absolute atomic E-state index is 13.4. The highest BCUT2D eigenvalue weighted by molar-refractivity contribution is 5.95. The van der Waals surface area contributed by atoms with Crippen LogP contribution in [0.1, 0.15) is 20.8 Å². The number of nitrogens with two attached hydrogens (primary N) is 1. The number of rotatable bonds is 3. The molecule has 1 rings (SSSR count). The van der Waals surface area contributed by atoms with Gasteiger partial charge in [0.1, 0.15) is 0 Å². The summed E-state index contributed by atoms with van der Waals surface area (Å²) in [7, 11) is 1.38. The van der Waals surface area contributed by atoms with Gasteiger partial charge in [0, 0.05) is 11.8 Å². The molecule has 0 aliphatic carbocycles. The van der Waals surface area contributed by atoms with Gasteiger partial charge < -0.3 is 15.8 Å². The summed E-state index contributed by atoms with van der Waals surface area (Å²) in [6.07, 6.45) is 0. The zero-order valence-corrected chi connectivity index (χ0v) is 11.1. The van der Waals surface area contributed by atoms with Crippen molar-refractivity contribution in [2.75, 3.05) is 12.4 Å². The van der Waals surface area contributed by atoms with E-state index < -0.39 is 11.9 Å². The summed E-state index contributed by atoms with van der Waals surface area (Å²) in [6.45, 7) is 5.60. The van der Waals surface area contributed by atoms with Crippen molar-refractivity contribution in [3.63, 3.8) is 0 Å². The number of nitrogens with one attached hydrogen (secondary N) is 1. The lowest BCUT2D eigenvalue weighted by Crippen LogP contribution is -2.45. The molecular formula is C13H19FN2O2. The number of amides is 1. The molecule has 3 N–H and O–H groups in total. The first kappa shape index (κ1) is 14.4. The summed E-state index contributed by atoms with van der Waals surface area (Å²) in [5.74, 6) is -0.736. The standard InChI is InChI=1S/C13H19FN2O2/c1-13(2,3)11(15)12(17)16-8-5-6-10(18-4)9(14)7-8/h5-7,11H,15H2,1-4H3,(H,16,17)/t11-/m1/s1. The minimum absolute atomic E-state index is 0.133. The average molecular weight is 254 g/mol. The van der Waals surface area contributed by atoms with Crippen molar-refractivity contribution in [3.05, 3.63) is 24.0 Å². The fraction of sp³-hybridized carbons (Fsp3) is 0.462. The zero-order chi connectivity index (χ0) is 13.9. The van der Waals surface area contributed by atoms with Crippen molar-refractivity contribution < 1.29 is 13.9 Å². The fourth-order valence-corrected chi connectivity index (χ4v) is 1.36. The van der Waals surface area contributed by atoms with Gasteiger partial charge >= 0.3 is 0 Å². The topological polar surface area (TPSA) is 64.3 Å². The molecule has 0 heterocycles. The first-order valence-corrected chi connectivity index (χ1v) is 5.65. The second-order valence-electron chi connectivity index (χ2n) is 5.18. The third-order valence-corrected chi connectivity index (χ3v) is 2.63. The van der Waals surface area contributed by atoms with E-state index in [4.69, 9.17) is 10.5 Å². The fourth-order valence-electron chi connectivity index (χ4n) is 1.36. The number of benzene rings is 1. The van der Waals surface area contributed by atoms with Crippen molar-refractivity contribution in [1.82, 2.24) is 0 Å². The van der Waals surface area contributed by atoms with Crippen LogP contribution in [0.25, 0.3) is 0 Å². The number of carbonyl (C=O) groups is 1. The highest BCUT2D eigenvalue weighted by Crippen LogP contribution is 2.22. The molecule has 5 heteroatoms. The van der Waals surface area contributed by atoms with Gasteiger partial charge in [-0.05, 0) is 17.5 Å². The number of ether oxygens (including phenoxy) is 1. The number of carbonyl (C=O) groups excluding carboxylic acids is 1. The molecular weight excluding hydrogens is 235 g/mol. The predicted octanol–water partition coefficient (Wildman–Crippen LogP) is 2.15. The number of hydrogen-bond acceptors (Lipinski definition) is 3. The lowest BCUT2D eigenvalue weighted by atomic mass is 9.87. The third-order valence-electron chi connectivity index (χ3n) is 2.63. The van der Waals surface area contributed by atoms with Crippen LogP contribution in [-0.4, -0.2) is 19.1 Å². The lowest BCUT2D eigenvalue weighted by Gasteiger charge is -2.25. The van der Waals surface area contributed by atoms with E-state index in [1.54, 1.807) is 6.07 Å². The van der Waals surface area contributed by atoms with Crippen molar-refractivity contribution in [2.45, 2.75) is 26.8 Å². The van der Waals surface area contributed by atoms with E-state index in [-0.39, 0.29) is 17.1 Å². The number of anilines is 1. The summed E-state index contributed by atoms with van der Waals surface area (Å²) in [6, 6.07) is 3.55. The van der Waals surface area contributed by atoms with Gasteiger partial charge in [-0.15, -0.1) is 0 Å². The van der Waals surface area contributed by atoms with E-state index in [2.05, 4.69) is 5.32 Å². The Morgan fingerprint density at radius 3 is 2.50 bits per heavy atom. The van der Waals surface area contributed by atoms with Gasteiger partial charge in [-0.3, -0.25) is 4.79 Å². The van der Waals surface area contributed by atoms with Crippen LogP contribution in [0.3, 0.4) is 0 Å². The molecule has 0 aliphatic rings. The Balaban J connectivity index is 2.80. The number of hydrogen-bond donors (Lipinski definition) is 2. The van der Waals surface area contributed by atoms with Gasteiger partial charge in [-0.25, -0.2) is 4.39 Å². The van der Waals surface area contributed by atoms with Crippen LogP contribution < -0.4 is 15.8 Å². The van der Waals surface area contributed by atoms with E-state index in [0.717, 1.165) is 0 Å². The van der Waals surface area contributed by atoms with E-state index in [0.29, 0.717) is 5.69 Å². The summed E-state index contributed by atoms with van der Waals surface area (Å²) in [5, 5.41) is 2.58. The number of halogens is 1. The predicted molar refractivity (Wildman–Crippen MR) is 69.0 cm³/mol. The van der Waals surface area contributed by atoms with Crippen molar-refractivity contribution in [3.8, 4) is 5.75 Å². The van der Waals surface area contributed by atoms with Crippen LogP contribution in [0.4, 0.5) is 10.1 Å². The molecule has 1 aromatic carbocycles. The highest BCUT2D eigenvalue weighted by Gasteiger charge is 2.27. The normalized spacial score (nSPS) is 13.0. The monoisotopic (exact) mass is 254 g/mol. The quantitative estimate of drug-likeness (QED) is 0.868. The maximum Gasteiger partial charge on any atom is 0.241 e. The first-order valence-electron chi connectivity index (χ1n) is 5.65. The molecule has 0 aliphatic heterocycles. The highest BCUT2D eigenvalue weighted by atomic mass is 19.1. The molecule has 1 amide bonds. The SMILES string of the molecule is COc1ccc(NC(=O)[C@@H](N)C(C)(C)C)cc1F. The molecule has 0 saturated heterocycles. The van der Waals surface area contributed by atoms with E-state index >= 15 is 0 Å².